The Morgan fingerprint density at radius 2 is 1.88 bits per heavy atom. The summed E-state index contributed by atoms with van der Waals surface area (Å²) in [6.45, 7) is 0.524. The normalized spacial score (nSPS) is 10.7. The third-order valence-electron chi connectivity index (χ3n) is 3.42. The number of hydrogen-bond acceptors (Lipinski definition) is 5. The number of amides is 1. The fourth-order valence-electron chi connectivity index (χ4n) is 2.18. The molecule has 0 bridgehead atoms. The number of thioether (sulfide) groups is 2. The summed E-state index contributed by atoms with van der Waals surface area (Å²) >= 11 is 4.83. The molecule has 1 aromatic carbocycles. The summed E-state index contributed by atoms with van der Waals surface area (Å²) in [4.78, 5) is 18.9. The van der Waals surface area contributed by atoms with Gasteiger partial charge in [-0.2, -0.15) is 0 Å². The summed E-state index contributed by atoms with van der Waals surface area (Å²) in [6, 6.07) is 14.0. The van der Waals surface area contributed by atoms with Crippen LogP contribution < -0.4 is 5.32 Å². The lowest BCUT2D eigenvalue weighted by molar-refractivity contribution is 0.0947. The molecule has 0 fully saturated rings. The Labute approximate surface area is 164 Å². The molecule has 134 valence electrons. The van der Waals surface area contributed by atoms with Crippen molar-refractivity contribution < 1.29 is 9.18 Å². The van der Waals surface area contributed by atoms with Crippen molar-refractivity contribution in [1.29, 1.82) is 0 Å². The molecule has 0 aliphatic heterocycles. The van der Waals surface area contributed by atoms with Gasteiger partial charge in [-0.25, -0.2) is 9.37 Å². The maximum atomic E-state index is 12.9. The van der Waals surface area contributed by atoms with Crippen molar-refractivity contribution in [1.82, 2.24) is 10.3 Å². The van der Waals surface area contributed by atoms with Crippen molar-refractivity contribution in [2.24, 2.45) is 0 Å². The van der Waals surface area contributed by atoms with Gasteiger partial charge in [0.15, 0.2) is 0 Å². The SMILES string of the molecule is O=C(NCc1cccs1)c1cccnc1SCCSc1ccc(F)cc1. The van der Waals surface area contributed by atoms with Gasteiger partial charge in [-0.05, 0) is 47.8 Å². The van der Waals surface area contributed by atoms with Crippen molar-refractivity contribution in [3.63, 3.8) is 0 Å². The summed E-state index contributed by atoms with van der Waals surface area (Å²) in [6.07, 6.45) is 1.70. The van der Waals surface area contributed by atoms with E-state index in [1.807, 2.05) is 17.5 Å². The van der Waals surface area contributed by atoms with Crippen LogP contribution in [-0.4, -0.2) is 22.4 Å². The first kappa shape index (κ1) is 18.9. The lowest BCUT2D eigenvalue weighted by Gasteiger charge is -2.08. The predicted molar refractivity (Wildman–Crippen MR) is 108 cm³/mol. The van der Waals surface area contributed by atoms with Gasteiger partial charge in [-0.15, -0.1) is 34.9 Å². The second-order valence-corrected chi connectivity index (χ2v) is 8.55. The first-order valence-electron chi connectivity index (χ1n) is 7.99. The first-order chi connectivity index (χ1) is 12.7. The molecular weight excluding hydrogens is 387 g/mol. The smallest absolute Gasteiger partial charge is 0.254 e. The standard InChI is InChI=1S/C19H17FN2OS3/c20-14-5-7-15(8-6-14)25-11-12-26-19-17(4-1-9-21-19)18(23)22-13-16-3-2-10-24-16/h1-10H,11-13H2,(H,22,23). The van der Waals surface area contributed by atoms with Crippen LogP contribution in [0.4, 0.5) is 4.39 Å². The van der Waals surface area contributed by atoms with E-state index >= 15 is 0 Å². The minimum atomic E-state index is -0.226. The van der Waals surface area contributed by atoms with E-state index in [9.17, 15) is 9.18 Å². The third-order valence-corrected chi connectivity index (χ3v) is 6.58. The minimum absolute atomic E-state index is 0.111. The second kappa shape index (κ2) is 9.75. The van der Waals surface area contributed by atoms with E-state index in [0.717, 1.165) is 26.3 Å². The van der Waals surface area contributed by atoms with Crippen molar-refractivity contribution in [2.75, 3.05) is 11.5 Å². The number of nitrogens with one attached hydrogen (secondary N) is 1. The van der Waals surface area contributed by atoms with Crippen LogP contribution in [0.2, 0.25) is 0 Å². The average Bonchev–Trinajstić information content (AvgIpc) is 3.19. The molecular formula is C19H17FN2OS3. The number of carbonyl (C=O) groups excluding carboxylic acids is 1. The van der Waals surface area contributed by atoms with Gasteiger partial charge in [0.25, 0.3) is 5.91 Å². The van der Waals surface area contributed by atoms with Gasteiger partial charge in [-0.1, -0.05) is 6.07 Å². The summed E-state index contributed by atoms with van der Waals surface area (Å²) in [5.74, 6) is 1.32. The van der Waals surface area contributed by atoms with Gasteiger partial charge < -0.3 is 5.32 Å². The van der Waals surface area contributed by atoms with Gasteiger partial charge >= 0.3 is 0 Å². The zero-order valence-electron chi connectivity index (χ0n) is 13.9. The molecule has 2 heterocycles. The molecule has 26 heavy (non-hydrogen) atoms. The zero-order chi connectivity index (χ0) is 18.2. The predicted octanol–water partition coefficient (Wildman–Crippen LogP) is 5.10. The molecule has 0 saturated heterocycles. The molecule has 2 aromatic heterocycles. The number of nitrogens with zero attached hydrogens (tertiary/aromatic N) is 1. The monoisotopic (exact) mass is 404 g/mol. The molecule has 7 heteroatoms. The number of hydrogen-bond donors (Lipinski definition) is 1. The van der Waals surface area contributed by atoms with E-state index in [1.165, 1.54) is 12.1 Å². The summed E-state index contributed by atoms with van der Waals surface area (Å²) in [5, 5.41) is 5.66. The average molecular weight is 405 g/mol. The molecule has 0 spiro atoms. The van der Waals surface area contributed by atoms with E-state index in [-0.39, 0.29) is 11.7 Å². The molecule has 0 atom stereocenters. The lowest BCUT2D eigenvalue weighted by atomic mass is 10.2. The quantitative estimate of drug-likeness (QED) is 0.419. The van der Waals surface area contributed by atoms with Crippen LogP contribution >= 0.6 is 34.9 Å². The molecule has 3 aromatic rings. The molecule has 0 aliphatic carbocycles. The maximum Gasteiger partial charge on any atom is 0.254 e. The Hall–Kier alpha value is -1.83. The number of benzene rings is 1. The van der Waals surface area contributed by atoms with Crippen LogP contribution in [0.25, 0.3) is 0 Å². The summed E-state index contributed by atoms with van der Waals surface area (Å²) in [7, 11) is 0. The van der Waals surface area contributed by atoms with Gasteiger partial charge in [0.1, 0.15) is 10.8 Å². The third kappa shape index (κ3) is 5.59. The maximum absolute atomic E-state index is 12.9. The van der Waals surface area contributed by atoms with Crippen LogP contribution in [0, 0.1) is 5.82 Å². The highest BCUT2D eigenvalue weighted by molar-refractivity contribution is 8.03. The number of halogens is 1. The Kier molecular flexibility index (Phi) is 7.11. The van der Waals surface area contributed by atoms with Crippen LogP contribution in [0.15, 0.2) is 70.0 Å². The highest BCUT2D eigenvalue weighted by atomic mass is 32.2. The fourth-order valence-corrected chi connectivity index (χ4v) is 4.70. The molecule has 0 unspecified atom stereocenters. The molecule has 0 saturated carbocycles. The highest BCUT2D eigenvalue weighted by Gasteiger charge is 2.12. The van der Waals surface area contributed by atoms with Gasteiger partial charge in [-0.3, -0.25) is 4.79 Å². The van der Waals surface area contributed by atoms with E-state index in [4.69, 9.17) is 0 Å². The summed E-state index contributed by atoms with van der Waals surface area (Å²) < 4.78 is 12.9. The van der Waals surface area contributed by atoms with Crippen LogP contribution in [0.3, 0.4) is 0 Å². The Morgan fingerprint density at radius 1 is 1.08 bits per heavy atom. The zero-order valence-corrected chi connectivity index (χ0v) is 16.3. The van der Waals surface area contributed by atoms with E-state index < -0.39 is 0 Å². The number of carbonyl (C=O) groups is 1. The minimum Gasteiger partial charge on any atom is -0.347 e. The van der Waals surface area contributed by atoms with Crippen molar-refractivity contribution in [3.8, 4) is 0 Å². The molecule has 1 N–H and O–H groups in total. The summed E-state index contributed by atoms with van der Waals surface area (Å²) in [5.41, 5.74) is 0.598. The van der Waals surface area contributed by atoms with Gasteiger partial charge in [0.05, 0.1) is 12.1 Å². The highest BCUT2D eigenvalue weighted by Crippen LogP contribution is 2.24. The largest absolute Gasteiger partial charge is 0.347 e. The Morgan fingerprint density at radius 3 is 2.65 bits per heavy atom. The van der Waals surface area contributed by atoms with Gasteiger partial charge in [0.2, 0.25) is 0 Å². The van der Waals surface area contributed by atoms with Crippen molar-refractivity contribution in [3.05, 3.63) is 76.4 Å². The van der Waals surface area contributed by atoms with Gasteiger partial charge in [0, 0.05) is 27.5 Å². The van der Waals surface area contributed by atoms with E-state index in [2.05, 4.69) is 10.3 Å². The van der Waals surface area contributed by atoms with Crippen molar-refractivity contribution >= 4 is 40.8 Å². The van der Waals surface area contributed by atoms with Crippen molar-refractivity contribution in [2.45, 2.75) is 16.5 Å². The van der Waals surface area contributed by atoms with E-state index in [1.54, 1.807) is 65.3 Å². The number of thiophene rings is 1. The molecule has 3 rings (SSSR count). The molecule has 1 amide bonds. The molecule has 3 nitrogen and oxygen atoms in total. The number of aromatic nitrogens is 1. The second-order valence-electron chi connectivity index (χ2n) is 5.27. The first-order valence-corrected chi connectivity index (χ1v) is 10.8. The van der Waals surface area contributed by atoms with Crippen LogP contribution in [0.5, 0.6) is 0 Å². The molecule has 0 aliphatic rings. The number of rotatable bonds is 8. The Bertz CT molecular complexity index is 838. The number of pyridine rings is 1. The van der Waals surface area contributed by atoms with Crippen LogP contribution in [-0.2, 0) is 6.54 Å². The fraction of sp³-hybridized carbons (Fsp3) is 0.158. The topological polar surface area (TPSA) is 42.0 Å². The Balaban J connectivity index is 1.51. The van der Waals surface area contributed by atoms with Crippen LogP contribution in [0.1, 0.15) is 15.2 Å². The van der Waals surface area contributed by atoms with E-state index in [0.29, 0.717) is 12.1 Å². The molecule has 0 radical (unpaired) electrons. The lowest BCUT2D eigenvalue weighted by Crippen LogP contribution is -2.23.